The quantitative estimate of drug-likeness (QED) is 0.592. The fourth-order valence-electron chi connectivity index (χ4n) is 1.78. The molecule has 1 heterocycles. The third-order valence-corrected chi connectivity index (χ3v) is 4.97. The molecular weight excluding hydrogens is 330 g/mol. The molecule has 0 spiro atoms. The van der Waals surface area contributed by atoms with E-state index in [1.165, 1.54) is 23.1 Å². The lowest BCUT2D eigenvalue weighted by Crippen LogP contribution is -2.40. The minimum Gasteiger partial charge on any atom is -0.338 e. The van der Waals surface area contributed by atoms with E-state index in [2.05, 4.69) is 15.6 Å². The Morgan fingerprint density at radius 1 is 1.26 bits per heavy atom. The van der Waals surface area contributed by atoms with E-state index in [1.54, 1.807) is 0 Å². The maximum atomic E-state index is 11.7. The first-order valence-electron chi connectivity index (χ1n) is 7.40. The molecule has 2 N–H and O–H groups in total. The van der Waals surface area contributed by atoms with Crippen LogP contribution in [0.3, 0.4) is 0 Å². The van der Waals surface area contributed by atoms with E-state index < -0.39 is 6.03 Å². The van der Waals surface area contributed by atoms with Crippen LogP contribution in [-0.2, 0) is 4.79 Å². The highest BCUT2D eigenvalue weighted by atomic mass is 32.2. The molecule has 2 aromatic rings. The Morgan fingerprint density at radius 3 is 2.78 bits per heavy atom. The molecule has 0 aliphatic rings. The van der Waals surface area contributed by atoms with Crippen molar-refractivity contribution < 1.29 is 9.59 Å². The van der Waals surface area contributed by atoms with Gasteiger partial charge in [0.25, 0.3) is 0 Å². The van der Waals surface area contributed by atoms with Crippen molar-refractivity contribution >= 4 is 35.0 Å². The number of urea groups is 1. The van der Waals surface area contributed by atoms with Gasteiger partial charge in [-0.25, -0.2) is 9.78 Å². The van der Waals surface area contributed by atoms with Crippen molar-refractivity contribution in [1.29, 1.82) is 0 Å². The lowest BCUT2D eigenvalue weighted by atomic mass is 10.2. The highest BCUT2D eigenvalue weighted by molar-refractivity contribution is 8.01. The van der Waals surface area contributed by atoms with E-state index in [1.807, 2.05) is 42.6 Å². The number of rotatable bonds is 7. The van der Waals surface area contributed by atoms with Gasteiger partial charge in [0.15, 0.2) is 4.34 Å². The Balaban J connectivity index is 1.77. The Kier molecular flexibility index (Phi) is 7.09. The standard InChI is InChI=1S/C16H19N3O2S2/c1-2-3-9-17-15(21)19-14(20)11-23-16-18-13(10-22-16)12-7-5-4-6-8-12/h4-8,10H,2-3,9,11H2,1H3,(H2,17,19,20,21). The fraction of sp³-hybridized carbons (Fsp3) is 0.312. The summed E-state index contributed by atoms with van der Waals surface area (Å²) in [5.41, 5.74) is 1.95. The predicted octanol–water partition coefficient (Wildman–Crippen LogP) is 3.53. The SMILES string of the molecule is CCCCNC(=O)NC(=O)CSc1nc(-c2ccccc2)cs1. The number of thioether (sulfide) groups is 1. The molecule has 0 saturated carbocycles. The van der Waals surface area contributed by atoms with Gasteiger partial charge in [-0.15, -0.1) is 11.3 Å². The summed E-state index contributed by atoms with van der Waals surface area (Å²) in [5, 5.41) is 6.93. The molecule has 0 atom stereocenters. The summed E-state index contributed by atoms with van der Waals surface area (Å²) in [4.78, 5) is 27.7. The molecule has 0 fully saturated rings. The number of unbranched alkanes of at least 4 members (excludes halogenated alkanes) is 1. The van der Waals surface area contributed by atoms with Crippen molar-refractivity contribution in [3.8, 4) is 11.3 Å². The third-order valence-electron chi connectivity index (χ3n) is 2.95. The van der Waals surface area contributed by atoms with E-state index in [9.17, 15) is 9.59 Å². The van der Waals surface area contributed by atoms with Gasteiger partial charge in [-0.1, -0.05) is 55.4 Å². The maximum Gasteiger partial charge on any atom is 0.321 e. The molecule has 1 aromatic carbocycles. The summed E-state index contributed by atoms with van der Waals surface area (Å²) in [6.45, 7) is 2.62. The zero-order valence-electron chi connectivity index (χ0n) is 12.9. The van der Waals surface area contributed by atoms with Crippen LogP contribution in [0.2, 0.25) is 0 Å². The van der Waals surface area contributed by atoms with Gasteiger partial charge in [0.2, 0.25) is 5.91 Å². The van der Waals surface area contributed by atoms with E-state index >= 15 is 0 Å². The van der Waals surface area contributed by atoms with Crippen LogP contribution in [0.1, 0.15) is 19.8 Å². The van der Waals surface area contributed by atoms with Crippen molar-refractivity contribution in [2.24, 2.45) is 0 Å². The molecule has 3 amide bonds. The van der Waals surface area contributed by atoms with Crippen LogP contribution in [0.25, 0.3) is 11.3 Å². The van der Waals surface area contributed by atoms with Crippen LogP contribution < -0.4 is 10.6 Å². The Bertz CT molecular complexity index is 644. The first-order valence-corrected chi connectivity index (χ1v) is 9.27. The van der Waals surface area contributed by atoms with Crippen LogP contribution in [-0.4, -0.2) is 29.2 Å². The van der Waals surface area contributed by atoms with Gasteiger partial charge in [-0.05, 0) is 6.42 Å². The van der Waals surface area contributed by atoms with Gasteiger partial charge in [-0.3, -0.25) is 10.1 Å². The molecular formula is C16H19N3O2S2. The third kappa shape index (κ3) is 6.03. The second kappa shape index (κ2) is 9.32. The average Bonchev–Trinajstić information content (AvgIpc) is 3.03. The molecule has 2 rings (SSSR count). The average molecular weight is 349 g/mol. The van der Waals surface area contributed by atoms with Crippen LogP contribution >= 0.6 is 23.1 Å². The zero-order valence-corrected chi connectivity index (χ0v) is 14.5. The van der Waals surface area contributed by atoms with Crippen molar-refractivity contribution in [3.63, 3.8) is 0 Å². The second-order valence-electron chi connectivity index (χ2n) is 4.81. The van der Waals surface area contributed by atoms with E-state index in [0.29, 0.717) is 6.54 Å². The molecule has 0 unspecified atom stereocenters. The number of thiazole rings is 1. The molecule has 5 nitrogen and oxygen atoms in total. The van der Waals surface area contributed by atoms with Gasteiger partial charge in [0, 0.05) is 17.5 Å². The summed E-state index contributed by atoms with van der Waals surface area (Å²) in [7, 11) is 0. The molecule has 122 valence electrons. The lowest BCUT2D eigenvalue weighted by Gasteiger charge is -2.05. The largest absolute Gasteiger partial charge is 0.338 e. The van der Waals surface area contributed by atoms with E-state index in [0.717, 1.165) is 28.4 Å². The van der Waals surface area contributed by atoms with E-state index in [4.69, 9.17) is 0 Å². The predicted molar refractivity (Wildman–Crippen MR) is 94.7 cm³/mol. The summed E-state index contributed by atoms with van der Waals surface area (Å²) >= 11 is 2.82. The summed E-state index contributed by atoms with van der Waals surface area (Å²) < 4.78 is 0.811. The number of nitrogens with one attached hydrogen (secondary N) is 2. The van der Waals surface area contributed by atoms with Crippen LogP contribution in [0.4, 0.5) is 4.79 Å². The summed E-state index contributed by atoms with van der Waals surface area (Å²) in [6, 6.07) is 9.45. The Labute approximate surface area is 143 Å². The van der Waals surface area contributed by atoms with Gasteiger partial charge >= 0.3 is 6.03 Å². The number of nitrogens with zero attached hydrogens (tertiary/aromatic N) is 1. The number of amides is 3. The van der Waals surface area contributed by atoms with Gasteiger partial charge in [-0.2, -0.15) is 0 Å². The van der Waals surface area contributed by atoms with Gasteiger partial charge in [0.1, 0.15) is 0 Å². The second-order valence-corrected chi connectivity index (χ2v) is 6.89. The van der Waals surface area contributed by atoms with Gasteiger partial charge < -0.3 is 5.32 Å². The minimum absolute atomic E-state index is 0.170. The van der Waals surface area contributed by atoms with Crippen LogP contribution in [0, 0.1) is 0 Å². The number of imide groups is 1. The number of hydrogen-bond acceptors (Lipinski definition) is 5. The van der Waals surface area contributed by atoms with Gasteiger partial charge in [0.05, 0.1) is 11.4 Å². The molecule has 0 saturated heterocycles. The molecule has 7 heteroatoms. The topological polar surface area (TPSA) is 71.1 Å². The highest BCUT2D eigenvalue weighted by Gasteiger charge is 2.10. The fourth-order valence-corrected chi connectivity index (χ4v) is 3.41. The number of carbonyl (C=O) groups excluding carboxylic acids is 2. The smallest absolute Gasteiger partial charge is 0.321 e. The van der Waals surface area contributed by atoms with Crippen molar-refractivity contribution in [3.05, 3.63) is 35.7 Å². The van der Waals surface area contributed by atoms with Crippen LogP contribution in [0.15, 0.2) is 40.1 Å². The zero-order chi connectivity index (χ0) is 16.5. The number of hydrogen-bond donors (Lipinski definition) is 2. The lowest BCUT2D eigenvalue weighted by molar-refractivity contribution is -0.117. The number of carbonyl (C=O) groups is 2. The molecule has 23 heavy (non-hydrogen) atoms. The Morgan fingerprint density at radius 2 is 2.04 bits per heavy atom. The highest BCUT2D eigenvalue weighted by Crippen LogP contribution is 2.27. The normalized spacial score (nSPS) is 10.3. The molecule has 0 radical (unpaired) electrons. The molecule has 0 aliphatic carbocycles. The van der Waals surface area contributed by atoms with Crippen LogP contribution in [0.5, 0.6) is 0 Å². The molecule has 1 aromatic heterocycles. The number of benzene rings is 1. The maximum absolute atomic E-state index is 11.7. The summed E-state index contributed by atoms with van der Waals surface area (Å²) in [5.74, 6) is -0.149. The van der Waals surface area contributed by atoms with Crippen molar-refractivity contribution in [2.75, 3.05) is 12.3 Å². The first-order chi connectivity index (χ1) is 11.2. The molecule has 0 aliphatic heterocycles. The monoisotopic (exact) mass is 349 g/mol. The van der Waals surface area contributed by atoms with E-state index in [-0.39, 0.29) is 11.7 Å². The Hall–Kier alpha value is -1.86. The summed E-state index contributed by atoms with van der Waals surface area (Å²) in [6.07, 6.45) is 1.90. The minimum atomic E-state index is -0.437. The van der Waals surface area contributed by atoms with Crippen molar-refractivity contribution in [1.82, 2.24) is 15.6 Å². The first kappa shape index (κ1) is 17.5. The molecule has 0 bridgehead atoms. The number of aromatic nitrogens is 1. The van der Waals surface area contributed by atoms with Crippen molar-refractivity contribution in [2.45, 2.75) is 24.1 Å².